The summed E-state index contributed by atoms with van der Waals surface area (Å²) in [6, 6.07) is 10.9. The molecule has 8 heteroatoms. The van der Waals surface area contributed by atoms with Gasteiger partial charge in [0.25, 0.3) is 5.91 Å². The van der Waals surface area contributed by atoms with Crippen molar-refractivity contribution in [2.75, 3.05) is 32.8 Å². The minimum absolute atomic E-state index is 0.189. The fourth-order valence-corrected chi connectivity index (χ4v) is 4.54. The van der Waals surface area contributed by atoms with Crippen LogP contribution in [0.3, 0.4) is 0 Å². The summed E-state index contributed by atoms with van der Waals surface area (Å²) in [6.07, 6.45) is 1.48. The van der Waals surface area contributed by atoms with Crippen LogP contribution in [0.4, 0.5) is 5.69 Å². The Morgan fingerprint density at radius 3 is 2.61 bits per heavy atom. The van der Waals surface area contributed by atoms with Gasteiger partial charge in [0, 0.05) is 23.2 Å². The third kappa shape index (κ3) is 3.86. The number of fused-ring (bicyclic) bond motifs is 1. The van der Waals surface area contributed by atoms with Crippen LogP contribution < -0.4 is 14.4 Å². The molecule has 0 saturated carbocycles. The molecule has 0 spiro atoms. The Hall–Kier alpha value is -3.39. The molecule has 31 heavy (non-hydrogen) atoms. The summed E-state index contributed by atoms with van der Waals surface area (Å²) in [6.45, 7) is 0.569. The van der Waals surface area contributed by atoms with E-state index in [4.69, 9.17) is 14.2 Å². The Balaban J connectivity index is 1.65. The fraction of sp³-hybridized carbons (Fsp3) is 0.261. The number of nitrogens with zero attached hydrogens (tertiary/aromatic N) is 2. The molecule has 0 bridgehead atoms. The van der Waals surface area contributed by atoms with Crippen LogP contribution in [0.1, 0.15) is 32.8 Å². The molecule has 3 aromatic rings. The normalized spacial score (nSPS) is 12.8. The summed E-state index contributed by atoms with van der Waals surface area (Å²) in [7, 11) is 4.52. The quantitative estimate of drug-likeness (QED) is 0.556. The summed E-state index contributed by atoms with van der Waals surface area (Å²) in [5.41, 5.74) is 3.28. The predicted molar refractivity (Wildman–Crippen MR) is 118 cm³/mol. The van der Waals surface area contributed by atoms with Crippen LogP contribution in [0.5, 0.6) is 11.5 Å². The molecule has 2 aromatic carbocycles. The van der Waals surface area contributed by atoms with E-state index >= 15 is 0 Å². The lowest BCUT2D eigenvalue weighted by Gasteiger charge is -2.30. The minimum Gasteiger partial charge on any atom is -0.493 e. The molecule has 0 N–H and O–H groups in total. The fourth-order valence-electron chi connectivity index (χ4n) is 3.75. The molecule has 1 aliphatic heterocycles. The van der Waals surface area contributed by atoms with Crippen molar-refractivity contribution in [2.45, 2.75) is 12.8 Å². The van der Waals surface area contributed by atoms with Crippen molar-refractivity contribution in [2.24, 2.45) is 0 Å². The summed E-state index contributed by atoms with van der Waals surface area (Å²) in [4.78, 5) is 31.7. The summed E-state index contributed by atoms with van der Waals surface area (Å²) >= 11 is 1.39. The van der Waals surface area contributed by atoms with Gasteiger partial charge in [0.15, 0.2) is 11.5 Å². The summed E-state index contributed by atoms with van der Waals surface area (Å²) in [5, 5.41) is 2.47. The Morgan fingerprint density at radius 2 is 1.87 bits per heavy atom. The van der Waals surface area contributed by atoms with E-state index in [9.17, 15) is 9.59 Å². The van der Waals surface area contributed by atoms with Crippen molar-refractivity contribution in [3.63, 3.8) is 0 Å². The van der Waals surface area contributed by atoms with Gasteiger partial charge >= 0.3 is 5.97 Å². The maximum atomic E-state index is 13.3. The first-order chi connectivity index (χ1) is 15.1. The number of thiazole rings is 1. The lowest BCUT2D eigenvalue weighted by atomic mass is 9.96. The smallest absolute Gasteiger partial charge is 0.338 e. The molecule has 7 nitrogen and oxygen atoms in total. The largest absolute Gasteiger partial charge is 0.493 e. The third-order valence-electron chi connectivity index (χ3n) is 5.25. The highest BCUT2D eigenvalue weighted by Crippen LogP contribution is 2.35. The highest BCUT2D eigenvalue weighted by atomic mass is 32.1. The van der Waals surface area contributed by atoms with E-state index in [1.54, 1.807) is 36.6 Å². The van der Waals surface area contributed by atoms with Gasteiger partial charge in [-0.2, -0.15) is 0 Å². The van der Waals surface area contributed by atoms with E-state index < -0.39 is 5.97 Å². The number of carbonyl (C=O) groups is 2. The Morgan fingerprint density at radius 1 is 1.06 bits per heavy atom. The second-order valence-corrected chi connectivity index (χ2v) is 7.82. The average molecular weight is 439 g/mol. The van der Waals surface area contributed by atoms with Crippen LogP contribution in [0.25, 0.3) is 10.6 Å². The molecule has 1 aliphatic rings. The van der Waals surface area contributed by atoms with Gasteiger partial charge in [-0.3, -0.25) is 4.79 Å². The summed E-state index contributed by atoms with van der Waals surface area (Å²) < 4.78 is 15.5. The van der Waals surface area contributed by atoms with Crippen LogP contribution in [0.2, 0.25) is 0 Å². The molecule has 4 rings (SSSR count). The first-order valence-electron chi connectivity index (χ1n) is 9.77. The zero-order valence-electron chi connectivity index (χ0n) is 17.5. The van der Waals surface area contributed by atoms with E-state index in [1.807, 2.05) is 24.3 Å². The minimum atomic E-state index is -0.393. The topological polar surface area (TPSA) is 78.0 Å². The molecule has 160 valence electrons. The maximum absolute atomic E-state index is 13.3. The maximum Gasteiger partial charge on any atom is 0.338 e. The van der Waals surface area contributed by atoms with Crippen molar-refractivity contribution in [1.82, 2.24) is 4.98 Å². The van der Waals surface area contributed by atoms with Gasteiger partial charge in [0.2, 0.25) is 0 Å². The van der Waals surface area contributed by atoms with E-state index in [1.165, 1.54) is 18.4 Å². The number of hydrogen-bond donors (Lipinski definition) is 0. The number of benzene rings is 2. The number of rotatable bonds is 5. The molecule has 2 heterocycles. The summed E-state index contributed by atoms with van der Waals surface area (Å²) in [5.74, 6) is 0.648. The lowest BCUT2D eigenvalue weighted by Crippen LogP contribution is -2.36. The third-order valence-corrected chi connectivity index (χ3v) is 6.15. The lowest BCUT2D eigenvalue weighted by molar-refractivity contribution is 0.0599. The number of esters is 1. The van der Waals surface area contributed by atoms with Gasteiger partial charge in [-0.1, -0.05) is 6.07 Å². The van der Waals surface area contributed by atoms with E-state index in [-0.39, 0.29) is 5.91 Å². The van der Waals surface area contributed by atoms with Crippen molar-refractivity contribution >= 4 is 28.9 Å². The van der Waals surface area contributed by atoms with Gasteiger partial charge in [0.05, 0.1) is 26.9 Å². The van der Waals surface area contributed by atoms with Gasteiger partial charge in [-0.25, -0.2) is 9.78 Å². The second-order valence-electron chi connectivity index (χ2n) is 6.96. The molecule has 0 atom stereocenters. The van der Waals surface area contributed by atoms with Crippen LogP contribution in [-0.2, 0) is 11.2 Å². The van der Waals surface area contributed by atoms with E-state index in [2.05, 4.69) is 4.98 Å². The zero-order valence-corrected chi connectivity index (χ0v) is 18.3. The van der Waals surface area contributed by atoms with E-state index in [0.717, 1.165) is 29.7 Å². The standard InChI is InChI=1S/C23H22N2O5S/c1-28-19-10-9-14(12-20(19)29-2)21-24-17(13-31-21)22(26)25-11-5-7-15-16(23(27)30-3)6-4-8-18(15)25/h4,6,8-10,12-13H,5,7,11H2,1-3H3. The highest BCUT2D eigenvalue weighted by Gasteiger charge is 2.28. The van der Waals surface area contributed by atoms with Crippen LogP contribution >= 0.6 is 11.3 Å². The monoisotopic (exact) mass is 438 g/mol. The molecule has 0 fully saturated rings. The molecular formula is C23H22N2O5S. The zero-order chi connectivity index (χ0) is 22.0. The Kier molecular flexibility index (Phi) is 5.90. The molecule has 0 unspecified atom stereocenters. The number of carbonyl (C=O) groups excluding carboxylic acids is 2. The van der Waals surface area contributed by atoms with Crippen LogP contribution in [0, 0.1) is 0 Å². The molecule has 1 aromatic heterocycles. The van der Waals surface area contributed by atoms with Crippen LogP contribution in [0.15, 0.2) is 41.8 Å². The molecular weight excluding hydrogens is 416 g/mol. The van der Waals surface area contributed by atoms with Gasteiger partial charge in [-0.15, -0.1) is 11.3 Å². The van der Waals surface area contributed by atoms with Crippen molar-refractivity contribution in [3.05, 3.63) is 58.6 Å². The number of methoxy groups -OCH3 is 3. The van der Waals surface area contributed by atoms with E-state index in [0.29, 0.717) is 34.3 Å². The number of aromatic nitrogens is 1. The average Bonchev–Trinajstić information content (AvgIpc) is 3.32. The number of hydrogen-bond acceptors (Lipinski definition) is 7. The highest BCUT2D eigenvalue weighted by molar-refractivity contribution is 7.13. The molecule has 0 radical (unpaired) electrons. The van der Waals surface area contributed by atoms with Gasteiger partial charge in [0.1, 0.15) is 10.7 Å². The second kappa shape index (κ2) is 8.77. The SMILES string of the molecule is COC(=O)c1cccc2c1CCCN2C(=O)c1csc(-c2ccc(OC)c(OC)c2)n1. The van der Waals surface area contributed by atoms with Crippen molar-refractivity contribution in [3.8, 4) is 22.1 Å². The van der Waals surface area contributed by atoms with Gasteiger partial charge in [-0.05, 0) is 48.7 Å². The predicted octanol–water partition coefficient (Wildman–Crippen LogP) is 4.21. The molecule has 0 aliphatic carbocycles. The van der Waals surface area contributed by atoms with Gasteiger partial charge < -0.3 is 19.1 Å². The van der Waals surface area contributed by atoms with Crippen LogP contribution in [-0.4, -0.2) is 44.7 Å². The first-order valence-corrected chi connectivity index (χ1v) is 10.6. The Bertz CT molecular complexity index is 1140. The van der Waals surface area contributed by atoms with Crippen molar-refractivity contribution < 1.29 is 23.8 Å². The number of ether oxygens (including phenoxy) is 3. The molecule has 1 amide bonds. The first kappa shape index (κ1) is 20.9. The number of anilines is 1. The number of amides is 1. The Labute approximate surface area is 184 Å². The van der Waals surface area contributed by atoms with Crippen molar-refractivity contribution in [1.29, 1.82) is 0 Å². The molecule has 0 saturated heterocycles.